The Hall–Kier alpha value is -2.44. The van der Waals surface area contributed by atoms with Crippen LogP contribution in [0, 0.1) is 5.82 Å². The van der Waals surface area contributed by atoms with Gasteiger partial charge in [-0.1, -0.05) is 12.1 Å². The number of imide groups is 1. The zero-order valence-corrected chi connectivity index (χ0v) is 9.80. The van der Waals surface area contributed by atoms with Crippen molar-refractivity contribution in [1.29, 1.82) is 0 Å². The SMILES string of the molecule is O=C1CN2C(=O)N(c3ccccc3F)C(=O)C2CN1. The van der Waals surface area contributed by atoms with E-state index in [0.29, 0.717) is 0 Å². The Balaban J connectivity index is 2.00. The van der Waals surface area contributed by atoms with Crippen LogP contribution in [0.3, 0.4) is 0 Å². The number of carbonyl (C=O) groups is 3. The van der Waals surface area contributed by atoms with Crippen molar-refractivity contribution in [1.82, 2.24) is 10.2 Å². The topological polar surface area (TPSA) is 69.7 Å². The van der Waals surface area contributed by atoms with E-state index in [2.05, 4.69) is 5.32 Å². The highest BCUT2D eigenvalue weighted by atomic mass is 19.1. The first-order valence-electron chi connectivity index (χ1n) is 5.75. The average molecular weight is 263 g/mol. The van der Waals surface area contributed by atoms with Gasteiger partial charge in [-0.25, -0.2) is 14.1 Å². The van der Waals surface area contributed by atoms with Crippen molar-refractivity contribution in [3.8, 4) is 0 Å². The molecule has 1 atom stereocenters. The van der Waals surface area contributed by atoms with Gasteiger partial charge in [0, 0.05) is 6.54 Å². The molecule has 0 radical (unpaired) electrons. The van der Waals surface area contributed by atoms with Crippen LogP contribution in [0.25, 0.3) is 0 Å². The molecule has 0 aromatic heterocycles. The smallest absolute Gasteiger partial charge is 0.332 e. The number of piperazine rings is 1. The normalized spacial score (nSPS) is 22.6. The molecule has 2 fully saturated rings. The molecule has 0 spiro atoms. The molecule has 6 nitrogen and oxygen atoms in total. The van der Waals surface area contributed by atoms with Crippen molar-refractivity contribution >= 4 is 23.5 Å². The molecule has 2 aliphatic rings. The van der Waals surface area contributed by atoms with Gasteiger partial charge in [-0.05, 0) is 12.1 Å². The van der Waals surface area contributed by atoms with Crippen molar-refractivity contribution in [2.24, 2.45) is 0 Å². The Bertz CT molecular complexity index is 589. The van der Waals surface area contributed by atoms with Crippen LogP contribution in [-0.4, -0.2) is 41.9 Å². The number of nitrogens with zero attached hydrogens (tertiary/aromatic N) is 2. The molecule has 1 N–H and O–H groups in total. The summed E-state index contributed by atoms with van der Waals surface area (Å²) in [5.74, 6) is -1.49. The number of nitrogens with one attached hydrogen (secondary N) is 1. The third-order valence-electron chi connectivity index (χ3n) is 3.22. The zero-order chi connectivity index (χ0) is 13.6. The van der Waals surface area contributed by atoms with Crippen LogP contribution in [0.15, 0.2) is 24.3 Å². The molecule has 0 aliphatic carbocycles. The van der Waals surface area contributed by atoms with Crippen molar-refractivity contribution < 1.29 is 18.8 Å². The van der Waals surface area contributed by atoms with Gasteiger partial charge >= 0.3 is 6.03 Å². The third kappa shape index (κ3) is 1.66. The molecular formula is C12H10FN3O3. The van der Waals surface area contributed by atoms with Gasteiger partial charge in [0.1, 0.15) is 18.4 Å². The van der Waals surface area contributed by atoms with Crippen LogP contribution in [0.1, 0.15) is 0 Å². The maximum atomic E-state index is 13.7. The largest absolute Gasteiger partial charge is 0.352 e. The molecule has 1 aromatic rings. The fourth-order valence-electron chi connectivity index (χ4n) is 2.29. The summed E-state index contributed by atoms with van der Waals surface area (Å²) in [6.45, 7) is -0.117. The minimum absolute atomic E-state index is 0.0638. The highest BCUT2D eigenvalue weighted by Gasteiger charge is 2.49. The summed E-state index contributed by atoms with van der Waals surface area (Å²) >= 11 is 0. The molecule has 3 rings (SSSR count). The van der Waals surface area contributed by atoms with Crippen molar-refractivity contribution in [2.75, 3.05) is 18.0 Å². The molecule has 4 amide bonds. The second kappa shape index (κ2) is 4.04. The van der Waals surface area contributed by atoms with Crippen molar-refractivity contribution in [3.63, 3.8) is 0 Å². The van der Waals surface area contributed by atoms with Gasteiger partial charge in [-0.15, -0.1) is 0 Å². The number of hydrogen-bond acceptors (Lipinski definition) is 3. The van der Waals surface area contributed by atoms with Gasteiger partial charge in [0.05, 0.1) is 5.69 Å². The Morgan fingerprint density at radius 1 is 1.21 bits per heavy atom. The monoisotopic (exact) mass is 263 g/mol. The minimum atomic E-state index is -0.746. The fraction of sp³-hybridized carbons (Fsp3) is 0.250. The van der Waals surface area contributed by atoms with E-state index >= 15 is 0 Å². The molecule has 0 saturated carbocycles. The number of amides is 4. The van der Waals surface area contributed by atoms with Crippen molar-refractivity contribution in [2.45, 2.75) is 6.04 Å². The summed E-state index contributed by atoms with van der Waals surface area (Å²) in [7, 11) is 0. The number of rotatable bonds is 1. The molecule has 7 heteroatoms. The second-order valence-electron chi connectivity index (χ2n) is 4.36. The van der Waals surface area contributed by atoms with Crippen LogP contribution < -0.4 is 10.2 Å². The number of halogens is 1. The first-order valence-corrected chi connectivity index (χ1v) is 5.75. The highest BCUT2D eigenvalue weighted by molar-refractivity contribution is 6.22. The number of benzene rings is 1. The summed E-state index contributed by atoms with van der Waals surface area (Å²) in [6.07, 6.45) is 0. The lowest BCUT2D eigenvalue weighted by Crippen LogP contribution is -2.54. The first-order chi connectivity index (χ1) is 9.09. The number of para-hydroxylation sites is 1. The van der Waals surface area contributed by atoms with E-state index in [0.717, 1.165) is 9.80 Å². The minimum Gasteiger partial charge on any atom is -0.352 e. The lowest BCUT2D eigenvalue weighted by molar-refractivity contribution is -0.126. The van der Waals surface area contributed by atoms with Gasteiger partial charge < -0.3 is 10.2 Å². The van der Waals surface area contributed by atoms with Crippen LogP contribution in [-0.2, 0) is 9.59 Å². The summed E-state index contributed by atoms with van der Waals surface area (Å²) in [6, 6.07) is 4.15. The van der Waals surface area contributed by atoms with E-state index in [1.165, 1.54) is 18.2 Å². The Labute approximate surface area is 107 Å². The first kappa shape index (κ1) is 11.6. The van der Waals surface area contributed by atoms with Crippen LogP contribution >= 0.6 is 0 Å². The van der Waals surface area contributed by atoms with E-state index in [9.17, 15) is 18.8 Å². The van der Waals surface area contributed by atoms with E-state index in [1.54, 1.807) is 6.07 Å². The molecule has 19 heavy (non-hydrogen) atoms. The van der Waals surface area contributed by atoms with Crippen LogP contribution in [0.4, 0.5) is 14.9 Å². The van der Waals surface area contributed by atoms with E-state index in [4.69, 9.17) is 0 Å². The van der Waals surface area contributed by atoms with E-state index in [-0.39, 0.29) is 24.7 Å². The second-order valence-corrected chi connectivity index (χ2v) is 4.36. The van der Waals surface area contributed by atoms with Crippen LogP contribution in [0.2, 0.25) is 0 Å². The number of urea groups is 1. The van der Waals surface area contributed by atoms with Gasteiger partial charge in [-0.3, -0.25) is 9.59 Å². The summed E-state index contributed by atoms with van der Waals surface area (Å²) in [5, 5.41) is 2.52. The molecule has 1 aromatic carbocycles. The van der Waals surface area contributed by atoms with Crippen molar-refractivity contribution in [3.05, 3.63) is 30.1 Å². The van der Waals surface area contributed by atoms with Gasteiger partial charge in [0.2, 0.25) is 5.91 Å². The number of carbonyl (C=O) groups excluding carboxylic acids is 3. The lowest BCUT2D eigenvalue weighted by Gasteiger charge is -2.26. The Morgan fingerprint density at radius 3 is 2.68 bits per heavy atom. The molecule has 0 bridgehead atoms. The predicted molar refractivity (Wildman–Crippen MR) is 62.8 cm³/mol. The fourth-order valence-corrected chi connectivity index (χ4v) is 2.29. The summed E-state index contributed by atoms with van der Waals surface area (Å²) in [5.41, 5.74) is -0.0839. The maximum absolute atomic E-state index is 13.7. The molecule has 2 saturated heterocycles. The van der Waals surface area contributed by atoms with E-state index < -0.39 is 23.8 Å². The Kier molecular flexibility index (Phi) is 2.48. The van der Waals surface area contributed by atoms with Gasteiger partial charge in [0.25, 0.3) is 5.91 Å². The highest BCUT2D eigenvalue weighted by Crippen LogP contribution is 2.27. The molecule has 98 valence electrons. The number of fused-ring (bicyclic) bond motifs is 1. The molecule has 2 heterocycles. The summed E-state index contributed by atoms with van der Waals surface area (Å²) < 4.78 is 13.7. The maximum Gasteiger partial charge on any atom is 0.332 e. The Morgan fingerprint density at radius 2 is 1.95 bits per heavy atom. The standard InChI is InChI=1S/C12H10FN3O3/c13-7-3-1-2-4-8(7)16-11(18)9-5-14-10(17)6-15(9)12(16)19/h1-4,9H,5-6H2,(H,14,17). The number of hydrogen-bond donors (Lipinski definition) is 1. The lowest BCUT2D eigenvalue weighted by atomic mass is 10.2. The average Bonchev–Trinajstić information content (AvgIpc) is 2.63. The molecule has 2 aliphatic heterocycles. The van der Waals surface area contributed by atoms with Gasteiger partial charge in [-0.2, -0.15) is 0 Å². The quantitative estimate of drug-likeness (QED) is 0.730. The van der Waals surface area contributed by atoms with Gasteiger partial charge in [0.15, 0.2) is 0 Å². The zero-order valence-electron chi connectivity index (χ0n) is 9.80. The predicted octanol–water partition coefficient (Wildman–Crippen LogP) is 0.0927. The van der Waals surface area contributed by atoms with Crippen LogP contribution in [0.5, 0.6) is 0 Å². The number of anilines is 1. The molecular weight excluding hydrogens is 253 g/mol. The molecule has 1 unspecified atom stereocenters. The third-order valence-corrected chi connectivity index (χ3v) is 3.22. The summed E-state index contributed by atoms with van der Waals surface area (Å²) in [4.78, 5) is 37.5. The van der Waals surface area contributed by atoms with E-state index in [1.807, 2.05) is 0 Å².